The first-order chi connectivity index (χ1) is 17.4. The number of aromatic nitrogens is 3. The minimum Gasteiger partial charge on any atom is -0.369 e. The van der Waals surface area contributed by atoms with Crippen LogP contribution in [-0.2, 0) is 4.79 Å². The summed E-state index contributed by atoms with van der Waals surface area (Å²) in [4.78, 5) is 32.9. The van der Waals surface area contributed by atoms with E-state index in [1.54, 1.807) is 16.8 Å². The van der Waals surface area contributed by atoms with Crippen molar-refractivity contribution in [1.82, 2.24) is 30.1 Å². The van der Waals surface area contributed by atoms with Gasteiger partial charge in [-0.2, -0.15) is 9.61 Å². The largest absolute Gasteiger partial charge is 0.369 e. The van der Waals surface area contributed by atoms with Gasteiger partial charge in [-0.05, 0) is 44.2 Å². The lowest BCUT2D eigenvalue weighted by Crippen LogP contribution is -2.44. The number of likely N-dealkylation sites (N-methyl/N-ethyl adjacent to an activating group) is 1. The molecule has 36 heavy (non-hydrogen) atoms. The van der Waals surface area contributed by atoms with Gasteiger partial charge in [0.2, 0.25) is 0 Å². The van der Waals surface area contributed by atoms with Crippen molar-refractivity contribution >= 4 is 58.3 Å². The van der Waals surface area contributed by atoms with E-state index in [9.17, 15) is 9.59 Å². The van der Waals surface area contributed by atoms with Gasteiger partial charge < -0.3 is 25.8 Å². The zero-order chi connectivity index (χ0) is 24.8. The summed E-state index contributed by atoms with van der Waals surface area (Å²) >= 11 is 6.68. The van der Waals surface area contributed by atoms with Crippen LogP contribution in [0.25, 0.3) is 11.7 Å². The number of amides is 3. The molecule has 0 atom stereocenters. The molecule has 4 N–H and O–H groups in total. The molecule has 4 heterocycles. The molecule has 1 saturated carbocycles. The number of rotatable bonds is 6. The maximum absolute atomic E-state index is 12.0. The molecule has 2 aromatic heterocycles. The summed E-state index contributed by atoms with van der Waals surface area (Å²) in [6, 6.07) is 7.74. The van der Waals surface area contributed by atoms with Crippen LogP contribution < -0.4 is 26.2 Å². The number of imide groups is 1. The Labute approximate surface area is 212 Å². The molecule has 3 aromatic rings. The van der Waals surface area contributed by atoms with E-state index < -0.39 is 11.9 Å². The monoisotopic (exact) mass is 507 g/mol. The summed E-state index contributed by atoms with van der Waals surface area (Å²) in [5.74, 6) is 0.872. The molecular formula is C24H26ClN9O2. The molecule has 6 rings (SSSR count). The molecule has 3 amide bonds. The van der Waals surface area contributed by atoms with Gasteiger partial charge in [0.25, 0.3) is 5.91 Å². The van der Waals surface area contributed by atoms with E-state index in [1.807, 2.05) is 18.2 Å². The number of carbonyl (C=O) groups is 2. The second-order valence-corrected chi connectivity index (χ2v) is 9.73. The van der Waals surface area contributed by atoms with Crippen LogP contribution in [0.3, 0.4) is 0 Å². The third-order valence-electron chi connectivity index (χ3n) is 6.53. The Morgan fingerprint density at radius 1 is 1.11 bits per heavy atom. The first-order valence-electron chi connectivity index (χ1n) is 11.9. The van der Waals surface area contributed by atoms with Crippen LogP contribution in [0.4, 0.5) is 27.8 Å². The normalized spacial score (nSPS) is 19.6. The molecule has 1 aliphatic carbocycles. The van der Waals surface area contributed by atoms with Crippen LogP contribution in [0, 0.1) is 0 Å². The van der Waals surface area contributed by atoms with Gasteiger partial charge in [0.15, 0.2) is 5.65 Å². The van der Waals surface area contributed by atoms with Gasteiger partial charge in [0.05, 0.1) is 16.9 Å². The van der Waals surface area contributed by atoms with Crippen molar-refractivity contribution in [2.75, 3.05) is 48.8 Å². The summed E-state index contributed by atoms with van der Waals surface area (Å²) in [6.45, 7) is 3.97. The molecule has 186 valence electrons. The highest BCUT2D eigenvalue weighted by Crippen LogP contribution is 2.32. The van der Waals surface area contributed by atoms with E-state index in [2.05, 4.69) is 49.3 Å². The Morgan fingerprint density at radius 2 is 1.92 bits per heavy atom. The van der Waals surface area contributed by atoms with Crippen LogP contribution in [0.2, 0.25) is 5.02 Å². The van der Waals surface area contributed by atoms with Crippen LogP contribution in [0.5, 0.6) is 0 Å². The molecule has 3 fully saturated rings. The fraction of sp³-hybridized carbons (Fsp3) is 0.333. The number of hydrogen-bond acceptors (Lipinski definition) is 8. The predicted molar refractivity (Wildman–Crippen MR) is 139 cm³/mol. The maximum Gasteiger partial charge on any atom is 0.326 e. The number of halogens is 1. The van der Waals surface area contributed by atoms with Crippen LogP contribution in [0.1, 0.15) is 18.4 Å². The highest BCUT2D eigenvalue weighted by Gasteiger charge is 2.25. The van der Waals surface area contributed by atoms with E-state index in [4.69, 9.17) is 16.6 Å². The van der Waals surface area contributed by atoms with Gasteiger partial charge in [0.1, 0.15) is 17.3 Å². The van der Waals surface area contributed by atoms with E-state index in [0.717, 1.165) is 56.2 Å². The van der Waals surface area contributed by atoms with Crippen LogP contribution >= 0.6 is 11.6 Å². The molecule has 2 saturated heterocycles. The highest BCUT2D eigenvalue weighted by molar-refractivity contribution is 6.33. The Bertz CT molecular complexity index is 1390. The molecule has 12 heteroatoms. The first kappa shape index (κ1) is 22.6. The van der Waals surface area contributed by atoms with Gasteiger partial charge in [-0.25, -0.2) is 9.78 Å². The van der Waals surface area contributed by atoms with Crippen molar-refractivity contribution in [2.45, 2.75) is 18.9 Å². The third-order valence-corrected chi connectivity index (χ3v) is 6.84. The summed E-state index contributed by atoms with van der Waals surface area (Å²) < 4.78 is 1.70. The number of fused-ring (bicyclic) bond motifs is 1. The van der Waals surface area contributed by atoms with Crippen molar-refractivity contribution in [3.05, 3.63) is 46.7 Å². The quantitative estimate of drug-likeness (QED) is 0.297. The van der Waals surface area contributed by atoms with Gasteiger partial charge in [-0.3, -0.25) is 10.1 Å². The number of carbonyl (C=O) groups excluding carboxylic acids is 2. The zero-order valence-electron chi connectivity index (χ0n) is 19.7. The number of anilines is 4. The second kappa shape index (κ2) is 8.99. The molecule has 0 bridgehead atoms. The molecule has 11 nitrogen and oxygen atoms in total. The Balaban J connectivity index is 1.32. The molecular weight excluding hydrogens is 482 g/mol. The number of piperazine rings is 1. The predicted octanol–water partition coefficient (Wildman–Crippen LogP) is 2.63. The van der Waals surface area contributed by atoms with Gasteiger partial charge in [0, 0.05) is 49.5 Å². The standard InChI is InChI=1S/C24H26ClN9O2/c1-32-6-8-33(9-7-32)16-4-5-18(17(25)11-16)28-20-12-21(27-15-2-3-15)34-22(30-20)14(13-26-34)10-19-23(35)31-24(36)29-19/h4-5,10-13,15,27H,2-3,6-9H2,1H3,(H,28,30)(H2,29,31,35,36)/b19-10-. The lowest BCUT2D eigenvalue weighted by molar-refractivity contribution is -0.115. The number of nitrogens with zero attached hydrogens (tertiary/aromatic N) is 5. The average molecular weight is 508 g/mol. The smallest absolute Gasteiger partial charge is 0.326 e. The summed E-state index contributed by atoms with van der Waals surface area (Å²) in [6.07, 6.45) is 5.37. The van der Waals surface area contributed by atoms with Crippen molar-refractivity contribution in [3.63, 3.8) is 0 Å². The van der Waals surface area contributed by atoms with Crippen LogP contribution in [0.15, 0.2) is 36.2 Å². The molecule has 3 aliphatic rings. The second-order valence-electron chi connectivity index (χ2n) is 9.33. The summed E-state index contributed by atoms with van der Waals surface area (Å²) in [5.41, 5.74) is 3.12. The lowest BCUT2D eigenvalue weighted by Gasteiger charge is -2.34. The Kier molecular flexibility index (Phi) is 5.65. The minimum absolute atomic E-state index is 0.148. The highest BCUT2D eigenvalue weighted by atomic mass is 35.5. The minimum atomic E-state index is -0.552. The van der Waals surface area contributed by atoms with Crippen molar-refractivity contribution in [1.29, 1.82) is 0 Å². The lowest BCUT2D eigenvalue weighted by atomic mass is 10.2. The SMILES string of the molecule is CN1CCN(c2ccc(Nc3cc(NC4CC4)n4ncc(/C=C5\NC(=O)NC5=O)c4n3)c(Cl)c2)CC1. The topological polar surface area (TPSA) is 119 Å². The first-order valence-corrected chi connectivity index (χ1v) is 12.3. The number of urea groups is 1. The molecule has 0 unspecified atom stereocenters. The molecule has 2 aliphatic heterocycles. The fourth-order valence-corrected chi connectivity index (χ4v) is 4.55. The number of hydrogen-bond donors (Lipinski definition) is 4. The van der Waals surface area contributed by atoms with Gasteiger partial charge in [-0.15, -0.1) is 0 Å². The number of benzene rings is 1. The summed E-state index contributed by atoms with van der Waals surface area (Å²) in [7, 11) is 2.13. The zero-order valence-corrected chi connectivity index (χ0v) is 20.5. The summed E-state index contributed by atoms with van der Waals surface area (Å²) in [5, 5.41) is 16.6. The van der Waals surface area contributed by atoms with E-state index in [1.165, 1.54) is 0 Å². The van der Waals surface area contributed by atoms with Crippen LogP contribution in [-0.4, -0.2) is 70.7 Å². The molecule has 1 aromatic carbocycles. The Morgan fingerprint density at radius 3 is 2.61 bits per heavy atom. The maximum atomic E-state index is 12.0. The Hall–Kier alpha value is -3.83. The van der Waals surface area contributed by atoms with Crippen molar-refractivity contribution in [3.8, 4) is 0 Å². The molecule has 0 radical (unpaired) electrons. The van der Waals surface area contributed by atoms with E-state index in [0.29, 0.717) is 28.1 Å². The average Bonchev–Trinajstić information content (AvgIpc) is 3.49. The fourth-order valence-electron chi connectivity index (χ4n) is 4.33. The third kappa shape index (κ3) is 4.54. The van der Waals surface area contributed by atoms with E-state index in [-0.39, 0.29) is 5.70 Å². The van der Waals surface area contributed by atoms with E-state index >= 15 is 0 Å². The number of nitrogens with one attached hydrogen (secondary N) is 4. The van der Waals surface area contributed by atoms with Gasteiger partial charge in [-0.1, -0.05) is 11.6 Å². The van der Waals surface area contributed by atoms with Crippen molar-refractivity contribution in [2.24, 2.45) is 0 Å². The van der Waals surface area contributed by atoms with Gasteiger partial charge >= 0.3 is 6.03 Å². The molecule has 0 spiro atoms. The van der Waals surface area contributed by atoms with Crippen molar-refractivity contribution < 1.29 is 9.59 Å².